The molecule has 0 atom stereocenters. The molecule has 0 spiro atoms. The van der Waals surface area contributed by atoms with Crippen molar-refractivity contribution in [3.05, 3.63) is 63.0 Å². The summed E-state index contributed by atoms with van der Waals surface area (Å²) in [5, 5.41) is 25.8. The van der Waals surface area contributed by atoms with E-state index in [9.17, 15) is 10.5 Å². The lowest BCUT2D eigenvalue weighted by Crippen LogP contribution is -2.11. The van der Waals surface area contributed by atoms with Gasteiger partial charge in [-0.1, -0.05) is 67.9 Å². The number of hydrogen-bond donors (Lipinski definition) is 0. The molecule has 4 nitrogen and oxygen atoms in total. The van der Waals surface area contributed by atoms with E-state index in [0.29, 0.717) is 38.7 Å². The maximum Gasteiger partial charge on any atom is 0.217 e. The molecule has 1 heterocycles. The summed E-state index contributed by atoms with van der Waals surface area (Å²) < 4.78 is 0. The van der Waals surface area contributed by atoms with Crippen molar-refractivity contribution in [3.8, 4) is 12.1 Å². The molecule has 3 aromatic carbocycles. The van der Waals surface area contributed by atoms with Crippen LogP contribution in [0.3, 0.4) is 0 Å². The molecule has 0 aliphatic rings. The van der Waals surface area contributed by atoms with Crippen LogP contribution in [0.2, 0.25) is 0 Å². The highest BCUT2D eigenvalue weighted by Gasteiger charge is 2.28. The van der Waals surface area contributed by atoms with Gasteiger partial charge in [0.1, 0.15) is 0 Å². The fraction of sp³-hybridized carbons (Fsp3) is 0.296. The second kappa shape index (κ2) is 6.91. The molecular weight excluding hydrogens is 411 g/mol. The number of rotatable bonds is 0. The molecule has 1 aromatic heterocycles. The van der Waals surface area contributed by atoms with Crippen LogP contribution in [0.5, 0.6) is 0 Å². The summed E-state index contributed by atoms with van der Waals surface area (Å²) in [6, 6.07) is 10.6. The Morgan fingerprint density at radius 1 is 0.750 bits per heavy atom. The summed E-state index contributed by atoms with van der Waals surface area (Å²) in [6.07, 6.45) is 0. The number of hydrogen-bond acceptors (Lipinski definition) is 2. The third-order valence-electron chi connectivity index (χ3n) is 5.98. The van der Waals surface area contributed by atoms with Crippen LogP contribution >= 0.6 is 8.19 Å². The van der Waals surface area contributed by atoms with Gasteiger partial charge >= 0.3 is 0 Å². The summed E-state index contributed by atoms with van der Waals surface area (Å²) in [4.78, 5) is 7.61. The minimum Gasteiger partial charge on any atom is -0.236 e. The van der Waals surface area contributed by atoms with Gasteiger partial charge in [-0.25, -0.2) is 9.69 Å². The fourth-order valence-corrected chi connectivity index (χ4v) is 5.62. The number of nitriles is 2. The van der Waals surface area contributed by atoms with Crippen molar-refractivity contribution >= 4 is 51.6 Å². The van der Waals surface area contributed by atoms with Crippen LogP contribution in [0.4, 0.5) is 11.4 Å². The van der Waals surface area contributed by atoms with Crippen LogP contribution in [0.25, 0.3) is 41.7 Å². The van der Waals surface area contributed by atoms with Crippen molar-refractivity contribution < 1.29 is 0 Å². The largest absolute Gasteiger partial charge is 0.236 e. The van der Waals surface area contributed by atoms with Crippen molar-refractivity contribution in [2.24, 2.45) is 0 Å². The molecular formula is C27H21N4P. The van der Waals surface area contributed by atoms with Gasteiger partial charge in [0.05, 0.1) is 36.4 Å². The van der Waals surface area contributed by atoms with Crippen molar-refractivity contribution in [3.63, 3.8) is 0 Å². The molecule has 0 aliphatic heterocycles. The predicted octanol–water partition coefficient (Wildman–Crippen LogP) is 8.60. The van der Waals surface area contributed by atoms with E-state index in [0.717, 1.165) is 34.9 Å². The second-order valence-electron chi connectivity index (χ2n) is 10.1. The van der Waals surface area contributed by atoms with Crippen LogP contribution in [0, 0.1) is 35.8 Å². The van der Waals surface area contributed by atoms with E-state index in [4.69, 9.17) is 13.1 Å². The molecule has 0 fully saturated rings. The van der Waals surface area contributed by atoms with Crippen molar-refractivity contribution in [1.82, 2.24) is 0 Å². The molecule has 4 rings (SSSR count). The van der Waals surface area contributed by atoms with Gasteiger partial charge in [0.2, 0.25) is 11.4 Å². The smallest absolute Gasteiger partial charge is 0.217 e. The molecule has 0 unspecified atom stereocenters. The average Bonchev–Trinajstić information content (AvgIpc) is 2.73. The quantitative estimate of drug-likeness (QED) is 0.206. The van der Waals surface area contributed by atoms with Crippen LogP contribution in [-0.2, 0) is 10.8 Å². The minimum atomic E-state index is -0.230. The normalized spacial score (nSPS) is 12.2. The van der Waals surface area contributed by atoms with Crippen molar-refractivity contribution in [2.75, 3.05) is 0 Å². The van der Waals surface area contributed by atoms with E-state index in [1.165, 1.54) is 0 Å². The standard InChI is InChI=1S/C27H21N4P/c1-26(2,3)14-9-15-18(12-28)23(30-7)17-11-20(27(4,5)6)32-25-22(17)21(15)16(10-14)19(13-29)24(25)31-8/h9-11H,1-6H3. The van der Waals surface area contributed by atoms with Gasteiger partial charge in [-0.3, -0.25) is 0 Å². The predicted molar refractivity (Wildman–Crippen MR) is 132 cm³/mol. The first-order chi connectivity index (χ1) is 15.0. The lowest BCUT2D eigenvalue weighted by Gasteiger charge is -2.25. The van der Waals surface area contributed by atoms with E-state index in [1.54, 1.807) is 0 Å². The van der Waals surface area contributed by atoms with Gasteiger partial charge < -0.3 is 0 Å². The Balaban J connectivity index is 2.50. The van der Waals surface area contributed by atoms with E-state index in [2.05, 4.69) is 63.4 Å². The minimum absolute atomic E-state index is 0.191. The topological polar surface area (TPSA) is 56.3 Å². The molecule has 0 saturated heterocycles. The average molecular weight is 432 g/mol. The summed E-state index contributed by atoms with van der Waals surface area (Å²) in [6.45, 7) is 28.3. The first kappa shape index (κ1) is 21.5. The van der Waals surface area contributed by atoms with E-state index >= 15 is 0 Å². The van der Waals surface area contributed by atoms with Crippen LogP contribution in [0.15, 0.2) is 18.2 Å². The summed E-state index contributed by atoms with van der Waals surface area (Å²) >= 11 is 0. The van der Waals surface area contributed by atoms with Gasteiger partial charge in [-0.05, 0) is 48.6 Å². The maximum absolute atomic E-state index is 10.1. The Bertz CT molecular complexity index is 1390. The summed E-state index contributed by atoms with van der Waals surface area (Å²) in [5.74, 6) is 0. The molecule has 0 saturated carbocycles. The molecule has 5 heteroatoms. The van der Waals surface area contributed by atoms with Gasteiger partial charge in [0.15, 0.2) is 0 Å². The lowest BCUT2D eigenvalue weighted by molar-refractivity contribution is 0.591. The Morgan fingerprint density at radius 3 is 1.72 bits per heavy atom. The van der Waals surface area contributed by atoms with Crippen LogP contribution in [-0.4, -0.2) is 0 Å². The Morgan fingerprint density at radius 2 is 1.28 bits per heavy atom. The zero-order valence-electron chi connectivity index (χ0n) is 19.0. The zero-order chi connectivity index (χ0) is 23.6. The highest BCUT2D eigenvalue weighted by Crippen LogP contribution is 2.53. The van der Waals surface area contributed by atoms with E-state index in [-0.39, 0.29) is 10.8 Å². The van der Waals surface area contributed by atoms with Crippen molar-refractivity contribution in [1.29, 1.82) is 10.5 Å². The van der Waals surface area contributed by atoms with Gasteiger partial charge in [0.25, 0.3) is 0 Å². The molecule has 0 radical (unpaired) electrons. The summed E-state index contributed by atoms with van der Waals surface area (Å²) in [5.41, 5.74) is 1.91. The summed E-state index contributed by atoms with van der Waals surface area (Å²) in [7, 11) is 0.871. The van der Waals surface area contributed by atoms with Gasteiger partial charge in [-0.2, -0.15) is 10.5 Å². The number of nitrogens with zero attached hydrogens (tertiary/aromatic N) is 4. The third kappa shape index (κ3) is 2.89. The monoisotopic (exact) mass is 432 g/mol. The molecule has 32 heavy (non-hydrogen) atoms. The Labute approximate surface area is 189 Å². The molecule has 0 bridgehead atoms. The molecule has 154 valence electrons. The van der Waals surface area contributed by atoms with Gasteiger partial charge in [0, 0.05) is 5.12 Å². The first-order valence-electron chi connectivity index (χ1n) is 10.3. The molecule has 0 N–H and O–H groups in total. The molecule has 4 aromatic rings. The van der Waals surface area contributed by atoms with Crippen LogP contribution in [0.1, 0.15) is 63.5 Å². The van der Waals surface area contributed by atoms with E-state index < -0.39 is 0 Å². The van der Waals surface area contributed by atoms with Gasteiger partial charge in [-0.15, -0.1) is 0 Å². The SMILES string of the molecule is [C-]#[N+]c1c(C#N)c2cc(C(C)(C)C)cc3c(C#N)c([N+]#[C-])c4pc(C(C)(C)C)cc1c4c23. The Hall–Kier alpha value is -3.69. The fourth-order valence-electron chi connectivity index (χ4n) is 4.24. The molecule has 0 amide bonds. The van der Waals surface area contributed by atoms with E-state index in [1.807, 2.05) is 18.2 Å². The molecule has 0 aliphatic carbocycles. The third-order valence-corrected chi connectivity index (χ3v) is 7.68. The first-order valence-corrected chi connectivity index (χ1v) is 11.2. The van der Waals surface area contributed by atoms with Crippen LogP contribution < -0.4 is 0 Å². The zero-order valence-corrected chi connectivity index (χ0v) is 19.9. The Kier molecular flexibility index (Phi) is 4.65. The highest BCUT2D eigenvalue weighted by atomic mass is 31.0. The lowest BCUT2D eigenvalue weighted by atomic mass is 9.81. The second-order valence-corrected chi connectivity index (χ2v) is 11.3. The highest BCUT2D eigenvalue weighted by molar-refractivity contribution is 7.38. The number of benzene rings is 3. The maximum atomic E-state index is 10.1. The van der Waals surface area contributed by atoms with Crippen molar-refractivity contribution in [2.45, 2.75) is 52.4 Å².